The zero-order chi connectivity index (χ0) is 24.2. The summed E-state index contributed by atoms with van der Waals surface area (Å²) in [5.74, 6) is -0.390. The fourth-order valence-electron chi connectivity index (χ4n) is 4.11. The van der Waals surface area contributed by atoms with E-state index in [9.17, 15) is 30.6 Å². The molecule has 0 bridgehead atoms. The van der Waals surface area contributed by atoms with Crippen LogP contribution in [-0.4, -0.2) is 30.6 Å². The Labute approximate surface area is 197 Å². The second-order valence-corrected chi connectivity index (χ2v) is 8.33. The van der Waals surface area contributed by atoms with Crippen LogP contribution in [0.25, 0.3) is 11.1 Å². The molecule has 34 heavy (non-hydrogen) atoms. The summed E-state index contributed by atoms with van der Waals surface area (Å²) in [4.78, 5) is 0. The van der Waals surface area contributed by atoms with E-state index in [1.807, 2.05) is 12.1 Å². The molecule has 6 N–H and O–H groups in total. The highest BCUT2D eigenvalue weighted by molar-refractivity contribution is 5.72. The Morgan fingerprint density at radius 3 is 1.18 bits per heavy atom. The molecule has 0 fully saturated rings. The maximum atomic E-state index is 10.1. The van der Waals surface area contributed by atoms with Gasteiger partial charge < -0.3 is 30.6 Å². The summed E-state index contributed by atoms with van der Waals surface area (Å²) in [6.45, 7) is 0. The van der Waals surface area contributed by atoms with E-state index in [0.29, 0.717) is 25.7 Å². The number of rotatable bonds is 7. The van der Waals surface area contributed by atoms with Gasteiger partial charge in [-0.25, -0.2) is 0 Å². The SMILES string of the molecule is Oc1ccc(-c2ccc(O)cc2CCc2ccc(O)c(O)c2)c(CCc2ccc(O)c(O)c2)c1. The van der Waals surface area contributed by atoms with E-state index < -0.39 is 0 Å². The minimum atomic E-state index is -0.172. The van der Waals surface area contributed by atoms with Gasteiger partial charge in [-0.05, 0) is 108 Å². The van der Waals surface area contributed by atoms with E-state index in [1.54, 1.807) is 36.4 Å². The largest absolute Gasteiger partial charge is 0.508 e. The molecule has 0 atom stereocenters. The zero-order valence-corrected chi connectivity index (χ0v) is 18.4. The van der Waals surface area contributed by atoms with Gasteiger partial charge in [-0.2, -0.15) is 0 Å². The summed E-state index contributed by atoms with van der Waals surface area (Å²) in [6.07, 6.45) is 2.34. The lowest BCUT2D eigenvalue weighted by atomic mass is 9.90. The Kier molecular flexibility index (Phi) is 6.50. The molecule has 0 unspecified atom stereocenters. The lowest BCUT2D eigenvalue weighted by Gasteiger charge is -2.16. The number of hydrogen-bond donors (Lipinski definition) is 6. The third kappa shape index (κ3) is 5.18. The first-order chi connectivity index (χ1) is 16.3. The van der Waals surface area contributed by atoms with Gasteiger partial charge >= 0.3 is 0 Å². The van der Waals surface area contributed by atoms with Crippen LogP contribution in [0, 0.1) is 0 Å². The van der Waals surface area contributed by atoms with Crippen molar-refractivity contribution in [1.82, 2.24) is 0 Å². The van der Waals surface area contributed by atoms with Crippen molar-refractivity contribution >= 4 is 0 Å². The van der Waals surface area contributed by atoms with Crippen LogP contribution < -0.4 is 0 Å². The fourth-order valence-corrected chi connectivity index (χ4v) is 4.11. The van der Waals surface area contributed by atoms with Crippen LogP contribution in [0.15, 0.2) is 72.8 Å². The van der Waals surface area contributed by atoms with Crippen molar-refractivity contribution in [2.75, 3.05) is 0 Å². The summed E-state index contributed by atoms with van der Waals surface area (Å²) in [5.41, 5.74) is 5.35. The van der Waals surface area contributed by atoms with Crippen LogP contribution >= 0.6 is 0 Å². The molecule has 4 aromatic carbocycles. The van der Waals surface area contributed by atoms with Gasteiger partial charge in [0.15, 0.2) is 23.0 Å². The highest BCUT2D eigenvalue weighted by atomic mass is 16.3. The molecule has 0 aromatic heterocycles. The topological polar surface area (TPSA) is 121 Å². The molecule has 0 aliphatic rings. The van der Waals surface area contributed by atoms with Crippen LogP contribution in [0.5, 0.6) is 34.5 Å². The molecule has 0 aliphatic carbocycles. The summed E-state index contributed by atoms with van der Waals surface area (Å²) in [6, 6.07) is 19.8. The molecule has 0 radical (unpaired) electrons. The predicted molar refractivity (Wildman–Crippen MR) is 130 cm³/mol. The van der Waals surface area contributed by atoms with Crippen LogP contribution in [0.1, 0.15) is 22.3 Å². The first-order valence-electron chi connectivity index (χ1n) is 11.0. The molecule has 4 aromatic rings. The van der Waals surface area contributed by atoms with Gasteiger partial charge in [-0.3, -0.25) is 0 Å². The molecule has 0 saturated heterocycles. The third-order valence-corrected chi connectivity index (χ3v) is 5.91. The number of aryl methyl sites for hydroxylation is 4. The Hall–Kier alpha value is -4.32. The molecule has 6 nitrogen and oxygen atoms in total. The normalized spacial score (nSPS) is 10.9. The Morgan fingerprint density at radius 1 is 0.382 bits per heavy atom. The Bertz CT molecular complexity index is 1230. The average molecular weight is 459 g/mol. The third-order valence-electron chi connectivity index (χ3n) is 5.91. The van der Waals surface area contributed by atoms with Gasteiger partial charge in [-0.15, -0.1) is 0 Å². The highest BCUT2D eigenvalue weighted by Gasteiger charge is 2.13. The smallest absolute Gasteiger partial charge is 0.157 e. The minimum absolute atomic E-state index is 0.146. The summed E-state index contributed by atoms with van der Waals surface area (Å²) < 4.78 is 0. The lowest BCUT2D eigenvalue weighted by Crippen LogP contribution is -1.99. The fraction of sp³-hybridized carbons (Fsp3) is 0.143. The van der Waals surface area contributed by atoms with E-state index in [0.717, 1.165) is 33.4 Å². The minimum Gasteiger partial charge on any atom is -0.508 e. The highest BCUT2D eigenvalue weighted by Crippen LogP contribution is 2.34. The van der Waals surface area contributed by atoms with E-state index >= 15 is 0 Å². The van der Waals surface area contributed by atoms with E-state index in [-0.39, 0.29) is 34.5 Å². The molecule has 174 valence electrons. The van der Waals surface area contributed by atoms with Crippen LogP contribution in [0.2, 0.25) is 0 Å². The second-order valence-electron chi connectivity index (χ2n) is 8.33. The van der Waals surface area contributed by atoms with E-state index in [2.05, 4.69) is 0 Å². The molecule has 0 aliphatic heterocycles. The molecular formula is C28H26O6. The summed E-state index contributed by atoms with van der Waals surface area (Å²) in [5, 5.41) is 58.9. The first kappa shape index (κ1) is 22.9. The zero-order valence-electron chi connectivity index (χ0n) is 18.4. The Morgan fingerprint density at radius 2 is 0.794 bits per heavy atom. The predicted octanol–water partition coefficient (Wildman–Crippen LogP) is 5.16. The molecular weight excluding hydrogens is 432 g/mol. The van der Waals surface area contributed by atoms with Gasteiger partial charge in [0.25, 0.3) is 0 Å². The number of phenolic OH excluding ortho intramolecular Hbond substituents is 6. The quantitative estimate of drug-likeness (QED) is 0.213. The number of benzene rings is 4. The summed E-state index contributed by atoms with van der Waals surface area (Å²) >= 11 is 0. The van der Waals surface area contributed by atoms with Gasteiger partial charge in [0.05, 0.1) is 0 Å². The van der Waals surface area contributed by atoms with Gasteiger partial charge in [0.1, 0.15) is 11.5 Å². The lowest BCUT2D eigenvalue weighted by molar-refractivity contribution is 0.403. The maximum Gasteiger partial charge on any atom is 0.157 e. The average Bonchev–Trinajstić information content (AvgIpc) is 2.81. The monoisotopic (exact) mass is 458 g/mol. The standard InChI is InChI=1S/C28H26O6/c29-21-7-9-23(19(15-21)5-1-17-3-11-25(31)27(33)13-17)24-10-8-22(30)16-20(24)6-2-18-4-12-26(32)28(34)14-18/h3-4,7-16,29-34H,1-2,5-6H2. The van der Waals surface area contributed by atoms with Crippen molar-refractivity contribution < 1.29 is 30.6 Å². The first-order valence-corrected chi connectivity index (χ1v) is 11.0. The molecule has 0 heterocycles. The molecule has 0 spiro atoms. The van der Waals surface area contributed by atoms with E-state index in [1.165, 1.54) is 24.3 Å². The van der Waals surface area contributed by atoms with Crippen LogP contribution in [0.4, 0.5) is 0 Å². The number of aromatic hydroxyl groups is 6. The van der Waals surface area contributed by atoms with Gasteiger partial charge in [0.2, 0.25) is 0 Å². The number of hydrogen-bond acceptors (Lipinski definition) is 6. The van der Waals surface area contributed by atoms with Gasteiger partial charge in [-0.1, -0.05) is 24.3 Å². The molecule has 4 rings (SSSR count). The van der Waals surface area contributed by atoms with Gasteiger partial charge in [0, 0.05) is 0 Å². The van der Waals surface area contributed by atoms with Crippen molar-refractivity contribution in [3.05, 3.63) is 95.1 Å². The molecule has 0 saturated carbocycles. The van der Waals surface area contributed by atoms with Crippen LogP contribution in [-0.2, 0) is 25.7 Å². The van der Waals surface area contributed by atoms with Crippen molar-refractivity contribution in [2.24, 2.45) is 0 Å². The van der Waals surface area contributed by atoms with Crippen molar-refractivity contribution in [1.29, 1.82) is 0 Å². The summed E-state index contributed by atoms with van der Waals surface area (Å²) in [7, 11) is 0. The van der Waals surface area contributed by atoms with Crippen LogP contribution in [0.3, 0.4) is 0 Å². The number of phenols is 6. The molecule has 0 amide bonds. The Balaban J connectivity index is 1.63. The van der Waals surface area contributed by atoms with E-state index in [4.69, 9.17) is 0 Å². The maximum absolute atomic E-state index is 10.1. The van der Waals surface area contributed by atoms with Crippen molar-refractivity contribution in [3.63, 3.8) is 0 Å². The van der Waals surface area contributed by atoms with Crippen molar-refractivity contribution in [2.45, 2.75) is 25.7 Å². The molecule has 6 heteroatoms. The second kappa shape index (κ2) is 9.67. The van der Waals surface area contributed by atoms with Crippen molar-refractivity contribution in [3.8, 4) is 45.6 Å².